The van der Waals surface area contributed by atoms with Crippen LogP contribution in [0.4, 0.5) is 5.69 Å². The van der Waals surface area contributed by atoms with Gasteiger partial charge in [-0.1, -0.05) is 26.0 Å². The van der Waals surface area contributed by atoms with Crippen LogP contribution in [0.1, 0.15) is 59.8 Å². The van der Waals surface area contributed by atoms with Gasteiger partial charge in [0.25, 0.3) is 19.8 Å². The number of ether oxygens (including phenoxy) is 1. The second-order valence-corrected chi connectivity index (χ2v) is 13.4. The molecular weight excluding hydrogens is 611 g/mol. The second kappa shape index (κ2) is 14.4. The van der Waals surface area contributed by atoms with Crippen molar-refractivity contribution in [2.75, 3.05) is 13.2 Å². The van der Waals surface area contributed by atoms with Crippen LogP contribution in [-0.4, -0.2) is 70.5 Å². The number of imidazole rings is 2. The molecule has 1 saturated heterocycles. The molecule has 4 heterocycles. The Labute approximate surface area is 268 Å². The van der Waals surface area contributed by atoms with Crippen molar-refractivity contribution in [3.8, 4) is 0 Å². The molecule has 1 fully saturated rings. The average molecular weight is 653 g/mol. The van der Waals surface area contributed by atoms with Gasteiger partial charge in [0.1, 0.15) is 12.7 Å². The minimum absolute atomic E-state index is 0.00141. The third kappa shape index (κ3) is 6.70. The van der Waals surface area contributed by atoms with E-state index in [9.17, 15) is 14.9 Å². The first-order valence-corrected chi connectivity index (χ1v) is 16.7. The fourth-order valence-electron chi connectivity index (χ4n) is 6.00. The van der Waals surface area contributed by atoms with E-state index in [2.05, 4.69) is 56.0 Å². The van der Waals surface area contributed by atoms with Crippen molar-refractivity contribution in [3.05, 3.63) is 80.4 Å². The molecule has 0 bridgehead atoms. The highest BCUT2D eigenvalue weighted by Crippen LogP contribution is 2.52. The zero-order chi connectivity index (χ0) is 33.1. The largest absolute Gasteiger partial charge is 0.352 e. The number of hydrogen-bond acceptors (Lipinski definition) is 9. The lowest BCUT2D eigenvalue weighted by molar-refractivity contribution is -0.384. The van der Waals surface area contributed by atoms with Gasteiger partial charge in [0, 0.05) is 49.1 Å². The van der Waals surface area contributed by atoms with Crippen LogP contribution in [0.3, 0.4) is 0 Å². The minimum atomic E-state index is -1.54. The van der Waals surface area contributed by atoms with Crippen LogP contribution in [0, 0.1) is 22.6 Å². The second-order valence-electron chi connectivity index (χ2n) is 12.0. The van der Waals surface area contributed by atoms with Crippen molar-refractivity contribution < 1.29 is 18.7 Å². The Balaban J connectivity index is 1.49. The summed E-state index contributed by atoms with van der Waals surface area (Å²) >= 11 is 0. The predicted octanol–water partition coefficient (Wildman–Crippen LogP) is 5.61. The summed E-state index contributed by atoms with van der Waals surface area (Å²) in [6.45, 7) is 20.8. The molecule has 1 aliphatic rings. The molecule has 1 aliphatic heterocycles. The van der Waals surface area contributed by atoms with E-state index >= 15 is 0 Å². The lowest BCUT2D eigenvalue weighted by Crippen LogP contribution is -2.36. The number of rotatable bonds is 14. The molecule has 0 amide bonds. The average Bonchev–Trinajstić information content (AvgIpc) is 3.72. The molecule has 246 valence electrons. The third-order valence-electron chi connectivity index (χ3n) is 8.29. The van der Waals surface area contributed by atoms with E-state index in [1.807, 2.05) is 4.57 Å². The summed E-state index contributed by atoms with van der Waals surface area (Å²) in [6, 6.07) is 6.72. The standard InChI is InChI=1S/C31H41N8O6P/c1-8-25-22(6)27(45-46(43-18-14-32-7)38(20(2)3)21(4)5)30(44-25)37-19-33-26-28(37)34-31-35(16-17-36(31)29(26)40)15-13-23-9-11-24(12-10-23)39(41)42/h9-12,16-17,19-22,25,27,30H,8,13-15,18H2,1-6H3/t22-,25-,27-,30-,46?/m1/s1. The van der Waals surface area contributed by atoms with Gasteiger partial charge in [-0.15, -0.1) is 0 Å². The summed E-state index contributed by atoms with van der Waals surface area (Å²) < 4.78 is 27.0. The van der Waals surface area contributed by atoms with E-state index in [0.717, 1.165) is 12.0 Å². The number of aromatic nitrogens is 5. The van der Waals surface area contributed by atoms with Crippen molar-refractivity contribution in [2.24, 2.45) is 5.92 Å². The minimum Gasteiger partial charge on any atom is -0.352 e. The van der Waals surface area contributed by atoms with Gasteiger partial charge in [-0.2, -0.15) is 4.98 Å². The highest BCUT2D eigenvalue weighted by atomic mass is 31.2. The summed E-state index contributed by atoms with van der Waals surface area (Å²) in [4.78, 5) is 37.0. The first-order valence-electron chi connectivity index (χ1n) is 15.6. The van der Waals surface area contributed by atoms with Gasteiger partial charge in [-0.25, -0.2) is 20.6 Å². The zero-order valence-corrected chi connectivity index (χ0v) is 27.9. The van der Waals surface area contributed by atoms with E-state index in [4.69, 9.17) is 25.3 Å². The SMILES string of the molecule is [C-]#[N+]CCOP(O[C@@H]1[C@H](C)[C@@H](CC)O[C@H]1n1cnc2c(=O)n3ccn(CCc4ccc([N+](=O)[O-])cc4)c3nc21)N(C(C)C)C(C)C. The Morgan fingerprint density at radius 1 is 1.20 bits per heavy atom. The van der Waals surface area contributed by atoms with Gasteiger partial charge in [0.05, 0.1) is 17.4 Å². The summed E-state index contributed by atoms with van der Waals surface area (Å²) in [7, 11) is -1.54. The van der Waals surface area contributed by atoms with E-state index < -0.39 is 25.8 Å². The van der Waals surface area contributed by atoms with Gasteiger partial charge in [-0.3, -0.25) is 19.5 Å². The topological polar surface area (TPSA) is 136 Å². The van der Waals surface area contributed by atoms with Gasteiger partial charge in [0.2, 0.25) is 12.3 Å². The van der Waals surface area contributed by atoms with Crippen molar-refractivity contribution in [2.45, 2.75) is 91.4 Å². The van der Waals surface area contributed by atoms with Crippen LogP contribution in [0.15, 0.2) is 47.8 Å². The van der Waals surface area contributed by atoms with Crippen LogP contribution in [-0.2, 0) is 26.7 Å². The molecule has 5 rings (SSSR count). The fourth-order valence-corrected chi connectivity index (χ4v) is 7.80. The van der Waals surface area contributed by atoms with Crippen LogP contribution in [0.2, 0.25) is 0 Å². The Morgan fingerprint density at radius 3 is 2.54 bits per heavy atom. The maximum Gasteiger partial charge on any atom is 0.287 e. The van der Waals surface area contributed by atoms with Crippen LogP contribution >= 0.6 is 8.53 Å². The molecule has 0 radical (unpaired) electrons. The van der Waals surface area contributed by atoms with Gasteiger partial charge in [0.15, 0.2) is 17.4 Å². The van der Waals surface area contributed by atoms with Crippen molar-refractivity contribution in [1.29, 1.82) is 0 Å². The summed E-state index contributed by atoms with van der Waals surface area (Å²) in [5, 5.41) is 11.0. The normalized spacial score (nSPS) is 20.8. The fraction of sp³-hybridized carbons (Fsp3) is 0.548. The highest BCUT2D eigenvalue weighted by Gasteiger charge is 2.46. The van der Waals surface area contributed by atoms with Gasteiger partial charge >= 0.3 is 0 Å². The Kier molecular flexibility index (Phi) is 10.5. The molecule has 0 saturated carbocycles. The molecule has 1 aromatic carbocycles. The number of non-ortho nitro benzene ring substituents is 1. The number of benzene rings is 1. The lowest BCUT2D eigenvalue weighted by Gasteiger charge is -2.38. The van der Waals surface area contributed by atoms with E-state index in [1.54, 1.807) is 35.4 Å². The van der Waals surface area contributed by atoms with Crippen LogP contribution < -0.4 is 5.56 Å². The number of nitro benzene ring substituents is 1. The number of fused-ring (bicyclic) bond motifs is 2. The van der Waals surface area contributed by atoms with Gasteiger partial charge < -0.3 is 23.2 Å². The Morgan fingerprint density at radius 2 is 1.91 bits per heavy atom. The molecule has 4 aromatic rings. The summed E-state index contributed by atoms with van der Waals surface area (Å²) in [6.07, 6.45) is 5.27. The summed E-state index contributed by atoms with van der Waals surface area (Å²) in [5.41, 5.74) is 1.29. The van der Waals surface area contributed by atoms with E-state index in [0.29, 0.717) is 24.4 Å². The first-order chi connectivity index (χ1) is 22.0. The van der Waals surface area contributed by atoms with Crippen LogP contribution in [0.5, 0.6) is 0 Å². The van der Waals surface area contributed by atoms with Crippen LogP contribution in [0.25, 0.3) is 21.8 Å². The molecule has 15 heteroatoms. The molecule has 0 aliphatic carbocycles. The Hall–Kier alpha value is -3.73. The first kappa shape index (κ1) is 33.6. The quantitative estimate of drug-likeness (QED) is 0.0560. The van der Waals surface area contributed by atoms with Crippen molar-refractivity contribution >= 4 is 31.2 Å². The maximum absolute atomic E-state index is 13.6. The molecular formula is C31H41N8O6P. The lowest BCUT2D eigenvalue weighted by atomic mass is 9.99. The predicted molar refractivity (Wildman–Crippen MR) is 174 cm³/mol. The molecule has 1 unspecified atom stereocenters. The van der Waals surface area contributed by atoms with E-state index in [-0.39, 0.29) is 54.0 Å². The smallest absolute Gasteiger partial charge is 0.287 e. The van der Waals surface area contributed by atoms with Crippen molar-refractivity contribution in [3.63, 3.8) is 0 Å². The molecule has 46 heavy (non-hydrogen) atoms. The van der Waals surface area contributed by atoms with E-state index in [1.165, 1.54) is 16.5 Å². The summed E-state index contributed by atoms with van der Waals surface area (Å²) in [5.74, 6) is 0.450. The molecule has 0 spiro atoms. The zero-order valence-electron chi connectivity index (χ0n) is 27.0. The Bertz CT molecular complexity index is 1750. The highest BCUT2D eigenvalue weighted by molar-refractivity contribution is 7.44. The molecule has 5 atom stereocenters. The monoisotopic (exact) mass is 652 g/mol. The molecule has 14 nitrogen and oxygen atoms in total. The third-order valence-corrected chi connectivity index (χ3v) is 10.4. The molecule has 0 N–H and O–H groups in total. The van der Waals surface area contributed by atoms with Gasteiger partial charge in [-0.05, 0) is 46.1 Å². The van der Waals surface area contributed by atoms with Crippen molar-refractivity contribution in [1.82, 2.24) is 28.2 Å². The number of aryl methyl sites for hydroxylation is 2. The maximum atomic E-state index is 13.6. The molecule has 3 aromatic heterocycles. The number of nitro groups is 1. The number of hydrogen-bond donors (Lipinski definition) is 0. The number of nitrogens with zero attached hydrogens (tertiary/aromatic N) is 8.